The Hall–Kier alpha value is -2.96. The van der Waals surface area contributed by atoms with Crippen LogP contribution in [0.4, 0.5) is 0 Å². The van der Waals surface area contributed by atoms with Crippen LogP contribution in [0.1, 0.15) is 5.69 Å². The van der Waals surface area contributed by atoms with Gasteiger partial charge in [-0.1, -0.05) is 6.07 Å². The molecule has 0 amide bonds. The van der Waals surface area contributed by atoms with Crippen LogP contribution in [0.2, 0.25) is 0 Å². The predicted octanol–water partition coefficient (Wildman–Crippen LogP) is 0.547. The molecule has 0 aromatic carbocycles. The van der Waals surface area contributed by atoms with Crippen LogP contribution >= 0.6 is 0 Å². The minimum absolute atomic E-state index is 0.0976. The van der Waals surface area contributed by atoms with Crippen molar-refractivity contribution in [2.45, 2.75) is 6.54 Å². The van der Waals surface area contributed by atoms with E-state index in [2.05, 4.69) is 9.97 Å². The quantitative estimate of drug-likeness (QED) is 0.705. The van der Waals surface area contributed by atoms with Gasteiger partial charge in [-0.3, -0.25) is 18.9 Å². The first-order valence-electron chi connectivity index (χ1n) is 6.66. The maximum absolute atomic E-state index is 12.7. The molecule has 0 N–H and O–H groups in total. The lowest BCUT2D eigenvalue weighted by molar-refractivity contribution is 0.418. The molecule has 3 heterocycles. The zero-order valence-corrected chi connectivity index (χ0v) is 12.2. The molecular weight excluding hydrogens is 284 g/mol. The number of pyridine rings is 2. The van der Waals surface area contributed by atoms with E-state index >= 15 is 0 Å². The molecule has 22 heavy (non-hydrogen) atoms. The lowest BCUT2D eigenvalue weighted by Crippen LogP contribution is -2.39. The van der Waals surface area contributed by atoms with Gasteiger partial charge in [0, 0.05) is 19.4 Å². The van der Waals surface area contributed by atoms with Crippen LogP contribution in [0.15, 0.2) is 46.2 Å². The third-order valence-electron chi connectivity index (χ3n) is 3.45. The number of nitrogens with zero attached hydrogens (tertiary/aromatic N) is 4. The number of rotatable bonds is 3. The number of fused-ring (bicyclic) bond motifs is 1. The normalized spacial score (nSPS) is 10.8. The molecule has 3 aromatic heterocycles. The first-order chi connectivity index (χ1) is 10.6. The van der Waals surface area contributed by atoms with Crippen LogP contribution in [-0.2, 0) is 13.6 Å². The second kappa shape index (κ2) is 5.44. The van der Waals surface area contributed by atoms with Crippen molar-refractivity contribution in [2.75, 3.05) is 7.11 Å². The lowest BCUT2D eigenvalue weighted by atomic mass is 10.3. The summed E-state index contributed by atoms with van der Waals surface area (Å²) in [4.78, 5) is 33.4. The van der Waals surface area contributed by atoms with Crippen LogP contribution in [0.5, 0.6) is 5.75 Å². The summed E-state index contributed by atoms with van der Waals surface area (Å²) in [5.74, 6) is 0.389. The monoisotopic (exact) mass is 298 g/mol. The van der Waals surface area contributed by atoms with Gasteiger partial charge in [-0.15, -0.1) is 0 Å². The zero-order chi connectivity index (χ0) is 15.7. The van der Waals surface area contributed by atoms with Crippen LogP contribution in [0.25, 0.3) is 11.0 Å². The number of methoxy groups -OCH3 is 1. The summed E-state index contributed by atoms with van der Waals surface area (Å²) in [6.45, 7) is 0.0976. The van der Waals surface area contributed by atoms with Gasteiger partial charge in [-0.25, -0.2) is 9.78 Å². The Kier molecular flexibility index (Phi) is 3.46. The summed E-state index contributed by atoms with van der Waals surface area (Å²) in [5.41, 5.74) is 0.0492. The fourth-order valence-electron chi connectivity index (χ4n) is 2.35. The fraction of sp³-hybridized carbons (Fsp3) is 0.200. The van der Waals surface area contributed by atoms with Gasteiger partial charge in [0.05, 0.1) is 19.3 Å². The molecule has 0 aliphatic heterocycles. The van der Waals surface area contributed by atoms with Crippen LogP contribution in [0.3, 0.4) is 0 Å². The number of hydrogen-bond donors (Lipinski definition) is 0. The number of aromatic nitrogens is 4. The predicted molar refractivity (Wildman–Crippen MR) is 81.1 cm³/mol. The molecular formula is C15H14N4O3. The van der Waals surface area contributed by atoms with E-state index in [1.54, 1.807) is 37.5 Å². The van der Waals surface area contributed by atoms with E-state index in [1.165, 1.54) is 17.9 Å². The van der Waals surface area contributed by atoms with Crippen molar-refractivity contribution < 1.29 is 4.74 Å². The number of aryl methyl sites for hydroxylation is 1. The molecule has 0 fully saturated rings. The van der Waals surface area contributed by atoms with Gasteiger partial charge in [0.2, 0.25) is 0 Å². The minimum Gasteiger partial charge on any atom is -0.496 e. The third kappa shape index (κ3) is 2.16. The Balaban J connectivity index is 2.32. The Morgan fingerprint density at radius 3 is 2.64 bits per heavy atom. The summed E-state index contributed by atoms with van der Waals surface area (Å²) in [5, 5.41) is 0.281. The molecule has 0 bridgehead atoms. The molecule has 7 heteroatoms. The number of hydrogen-bond acceptors (Lipinski definition) is 5. The standard InChI is InChI=1S/C15H14N4O3/c1-18-13-12(11(22-2)6-8-17-13)14(20)19(15(18)21)9-10-5-3-4-7-16-10/h3-8H,9H2,1-2H3. The van der Waals surface area contributed by atoms with E-state index in [9.17, 15) is 9.59 Å². The van der Waals surface area contributed by atoms with Crippen LogP contribution in [0, 0.1) is 0 Å². The van der Waals surface area contributed by atoms with E-state index in [1.807, 2.05) is 0 Å². The second-order valence-electron chi connectivity index (χ2n) is 4.77. The van der Waals surface area contributed by atoms with E-state index in [0.29, 0.717) is 17.1 Å². The third-order valence-corrected chi connectivity index (χ3v) is 3.45. The average molecular weight is 298 g/mol. The van der Waals surface area contributed by atoms with Gasteiger partial charge in [0.15, 0.2) is 5.65 Å². The van der Waals surface area contributed by atoms with E-state index in [0.717, 1.165) is 4.57 Å². The molecule has 3 rings (SSSR count). The molecule has 0 saturated heterocycles. The number of ether oxygens (including phenoxy) is 1. The Morgan fingerprint density at radius 2 is 1.95 bits per heavy atom. The maximum Gasteiger partial charge on any atom is 0.332 e. The molecule has 3 aromatic rings. The summed E-state index contributed by atoms with van der Waals surface area (Å²) in [6, 6.07) is 6.94. The van der Waals surface area contributed by atoms with Gasteiger partial charge in [0.1, 0.15) is 11.1 Å². The highest BCUT2D eigenvalue weighted by atomic mass is 16.5. The average Bonchev–Trinajstić information content (AvgIpc) is 2.57. The second-order valence-corrected chi connectivity index (χ2v) is 4.77. The van der Waals surface area contributed by atoms with E-state index in [4.69, 9.17) is 4.74 Å². The van der Waals surface area contributed by atoms with Gasteiger partial charge in [-0.2, -0.15) is 0 Å². The summed E-state index contributed by atoms with van der Waals surface area (Å²) in [7, 11) is 3.05. The highest BCUT2D eigenvalue weighted by molar-refractivity contribution is 5.80. The van der Waals surface area contributed by atoms with E-state index in [-0.39, 0.29) is 11.9 Å². The van der Waals surface area contributed by atoms with Crippen molar-refractivity contribution in [1.82, 2.24) is 19.1 Å². The van der Waals surface area contributed by atoms with E-state index < -0.39 is 11.2 Å². The summed E-state index contributed by atoms with van der Waals surface area (Å²) in [6.07, 6.45) is 3.12. The molecule has 0 radical (unpaired) electrons. The van der Waals surface area contributed by atoms with Crippen molar-refractivity contribution in [1.29, 1.82) is 0 Å². The molecule has 0 spiro atoms. The Labute approximate surface area is 125 Å². The Morgan fingerprint density at radius 1 is 1.14 bits per heavy atom. The van der Waals surface area contributed by atoms with Crippen LogP contribution in [-0.4, -0.2) is 26.2 Å². The van der Waals surface area contributed by atoms with Gasteiger partial charge >= 0.3 is 5.69 Å². The Bertz CT molecular complexity index is 945. The van der Waals surface area contributed by atoms with Gasteiger partial charge in [0.25, 0.3) is 5.56 Å². The molecule has 0 aliphatic rings. The first-order valence-corrected chi connectivity index (χ1v) is 6.66. The molecule has 0 saturated carbocycles. The largest absolute Gasteiger partial charge is 0.496 e. The smallest absolute Gasteiger partial charge is 0.332 e. The van der Waals surface area contributed by atoms with Gasteiger partial charge in [-0.05, 0) is 18.2 Å². The summed E-state index contributed by atoms with van der Waals surface area (Å²) < 4.78 is 7.69. The fourth-order valence-corrected chi connectivity index (χ4v) is 2.35. The van der Waals surface area contributed by atoms with Crippen LogP contribution < -0.4 is 16.0 Å². The molecule has 0 unspecified atom stereocenters. The topological polar surface area (TPSA) is 79.0 Å². The zero-order valence-electron chi connectivity index (χ0n) is 12.2. The van der Waals surface area contributed by atoms with Crippen molar-refractivity contribution in [3.63, 3.8) is 0 Å². The molecule has 7 nitrogen and oxygen atoms in total. The lowest BCUT2D eigenvalue weighted by Gasteiger charge is -2.11. The SMILES string of the molecule is COc1ccnc2c1c(=O)n(Cc1ccccn1)c(=O)n2C. The molecule has 112 valence electrons. The maximum atomic E-state index is 12.7. The molecule has 0 aliphatic carbocycles. The van der Waals surface area contributed by atoms with Gasteiger partial charge < -0.3 is 4.74 Å². The first kappa shape index (κ1) is 14.0. The highest BCUT2D eigenvalue weighted by Gasteiger charge is 2.16. The van der Waals surface area contributed by atoms with Crippen molar-refractivity contribution in [3.8, 4) is 5.75 Å². The molecule has 0 atom stereocenters. The van der Waals surface area contributed by atoms with Crippen molar-refractivity contribution in [3.05, 3.63) is 63.2 Å². The summed E-state index contributed by atoms with van der Waals surface area (Å²) >= 11 is 0. The van der Waals surface area contributed by atoms with Crippen molar-refractivity contribution in [2.24, 2.45) is 7.05 Å². The minimum atomic E-state index is -0.441. The van der Waals surface area contributed by atoms with Crippen molar-refractivity contribution >= 4 is 11.0 Å². The highest BCUT2D eigenvalue weighted by Crippen LogP contribution is 2.18.